The first-order chi connectivity index (χ1) is 6.14. The van der Waals surface area contributed by atoms with Gasteiger partial charge in [-0.25, -0.2) is 0 Å². The van der Waals surface area contributed by atoms with Gasteiger partial charge < -0.3 is 10.1 Å². The molecule has 1 unspecified atom stereocenters. The van der Waals surface area contributed by atoms with Crippen molar-refractivity contribution >= 4 is 0 Å². The fourth-order valence-corrected chi connectivity index (χ4v) is 2.00. The van der Waals surface area contributed by atoms with Crippen LogP contribution in [0.3, 0.4) is 0 Å². The van der Waals surface area contributed by atoms with Crippen molar-refractivity contribution in [3.05, 3.63) is 11.6 Å². The van der Waals surface area contributed by atoms with E-state index in [-0.39, 0.29) is 5.60 Å². The Morgan fingerprint density at radius 3 is 2.31 bits per heavy atom. The van der Waals surface area contributed by atoms with E-state index in [9.17, 15) is 0 Å². The maximum atomic E-state index is 5.62. The van der Waals surface area contributed by atoms with Gasteiger partial charge in [-0.05, 0) is 40.2 Å². The molecule has 1 saturated carbocycles. The first-order valence-corrected chi connectivity index (χ1v) is 5.02. The van der Waals surface area contributed by atoms with Gasteiger partial charge in [0.15, 0.2) is 0 Å². The normalized spacial score (nSPS) is 21.8. The third kappa shape index (κ3) is 2.12. The van der Waals surface area contributed by atoms with Gasteiger partial charge in [-0.2, -0.15) is 0 Å². The van der Waals surface area contributed by atoms with E-state index >= 15 is 0 Å². The van der Waals surface area contributed by atoms with Crippen LogP contribution in [0.5, 0.6) is 0 Å². The molecule has 0 aromatic carbocycles. The Morgan fingerprint density at radius 1 is 1.46 bits per heavy atom. The maximum Gasteiger partial charge on any atom is 0.0866 e. The Balaban J connectivity index is 2.69. The van der Waals surface area contributed by atoms with Crippen molar-refractivity contribution in [3.8, 4) is 0 Å². The van der Waals surface area contributed by atoms with Crippen LogP contribution in [-0.2, 0) is 4.74 Å². The Hall–Kier alpha value is -0.340. The minimum atomic E-state index is 0.0754. The van der Waals surface area contributed by atoms with Crippen molar-refractivity contribution in [2.45, 2.75) is 44.8 Å². The largest absolute Gasteiger partial charge is 0.376 e. The zero-order valence-electron chi connectivity index (χ0n) is 9.18. The first kappa shape index (κ1) is 10.7. The predicted molar refractivity (Wildman–Crippen MR) is 55.9 cm³/mol. The lowest BCUT2D eigenvalue weighted by molar-refractivity contribution is -0.0862. The third-order valence-corrected chi connectivity index (χ3v) is 2.98. The van der Waals surface area contributed by atoms with Crippen molar-refractivity contribution in [2.24, 2.45) is 0 Å². The lowest BCUT2D eigenvalue weighted by Gasteiger charge is -2.45. The minimum absolute atomic E-state index is 0.0754. The number of methoxy groups -OCH3 is 1. The number of hydrogen-bond donors (Lipinski definition) is 1. The van der Waals surface area contributed by atoms with Crippen LogP contribution in [0.2, 0.25) is 0 Å². The molecule has 2 nitrogen and oxygen atoms in total. The molecule has 0 heterocycles. The second-order valence-electron chi connectivity index (χ2n) is 4.13. The highest BCUT2D eigenvalue weighted by molar-refractivity contribution is 5.12. The van der Waals surface area contributed by atoms with Gasteiger partial charge in [-0.3, -0.25) is 0 Å². The lowest BCUT2D eigenvalue weighted by atomic mass is 9.74. The van der Waals surface area contributed by atoms with E-state index in [4.69, 9.17) is 4.74 Å². The van der Waals surface area contributed by atoms with Crippen molar-refractivity contribution in [1.29, 1.82) is 0 Å². The molecule has 2 heteroatoms. The molecule has 1 aliphatic rings. The van der Waals surface area contributed by atoms with E-state index in [2.05, 4.69) is 25.2 Å². The van der Waals surface area contributed by atoms with Crippen molar-refractivity contribution in [3.63, 3.8) is 0 Å². The molecule has 1 atom stereocenters. The van der Waals surface area contributed by atoms with Crippen LogP contribution >= 0.6 is 0 Å². The quantitative estimate of drug-likeness (QED) is 0.674. The molecular weight excluding hydrogens is 162 g/mol. The van der Waals surface area contributed by atoms with Crippen molar-refractivity contribution < 1.29 is 4.74 Å². The summed E-state index contributed by atoms with van der Waals surface area (Å²) in [5, 5.41) is 3.33. The number of allylic oxidation sites excluding steroid dienone is 1. The molecule has 0 amide bonds. The fourth-order valence-electron chi connectivity index (χ4n) is 2.00. The van der Waals surface area contributed by atoms with E-state index in [0.717, 1.165) is 0 Å². The number of nitrogens with one attached hydrogen (secondary N) is 1. The van der Waals surface area contributed by atoms with E-state index in [1.165, 1.54) is 24.8 Å². The van der Waals surface area contributed by atoms with Crippen LogP contribution < -0.4 is 5.32 Å². The zero-order valence-corrected chi connectivity index (χ0v) is 9.18. The molecule has 0 bridgehead atoms. The summed E-state index contributed by atoms with van der Waals surface area (Å²) < 4.78 is 5.62. The summed E-state index contributed by atoms with van der Waals surface area (Å²) in [6.45, 7) is 4.26. The molecular formula is C11H21NO. The van der Waals surface area contributed by atoms with Gasteiger partial charge in [-0.15, -0.1) is 0 Å². The molecule has 0 radical (unpaired) electrons. The summed E-state index contributed by atoms with van der Waals surface area (Å²) in [6.07, 6.45) is 5.92. The zero-order chi connectivity index (χ0) is 9.90. The van der Waals surface area contributed by atoms with E-state index in [1.54, 1.807) is 0 Å². The Bertz CT molecular complexity index is 185. The predicted octanol–water partition coefficient (Wildman–Crippen LogP) is 2.11. The van der Waals surface area contributed by atoms with Gasteiger partial charge in [0.05, 0.1) is 11.6 Å². The molecule has 0 aromatic heterocycles. The summed E-state index contributed by atoms with van der Waals surface area (Å²) in [5.74, 6) is 0. The van der Waals surface area contributed by atoms with Gasteiger partial charge in [0.1, 0.15) is 0 Å². The average molecular weight is 183 g/mol. The smallest absolute Gasteiger partial charge is 0.0866 e. The SMILES string of the molecule is CNC(C=C(C)C)C1(OC)CCC1. The van der Waals surface area contributed by atoms with Crippen LogP contribution in [0, 0.1) is 0 Å². The van der Waals surface area contributed by atoms with Gasteiger partial charge in [-0.1, -0.05) is 11.6 Å². The number of likely N-dealkylation sites (N-methyl/N-ethyl adjacent to an activating group) is 1. The topological polar surface area (TPSA) is 21.3 Å². The second kappa shape index (κ2) is 4.25. The number of hydrogen-bond acceptors (Lipinski definition) is 2. The Morgan fingerprint density at radius 2 is 2.08 bits per heavy atom. The van der Waals surface area contributed by atoms with Crippen molar-refractivity contribution in [1.82, 2.24) is 5.32 Å². The van der Waals surface area contributed by atoms with E-state index in [0.29, 0.717) is 6.04 Å². The molecule has 0 aliphatic heterocycles. The van der Waals surface area contributed by atoms with Gasteiger partial charge in [0.2, 0.25) is 0 Å². The fraction of sp³-hybridized carbons (Fsp3) is 0.818. The first-order valence-electron chi connectivity index (χ1n) is 5.02. The summed E-state index contributed by atoms with van der Waals surface area (Å²) >= 11 is 0. The average Bonchev–Trinajstić information content (AvgIpc) is 2.01. The van der Waals surface area contributed by atoms with Crippen LogP contribution in [-0.4, -0.2) is 25.8 Å². The highest BCUT2D eigenvalue weighted by Gasteiger charge is 2.42. The highest BCUT2D eigenvalue weighted by atomic mass is 16.5. The molecule has 1 rings (SSSR count). The number of ether oxygens (including phenoxy) is 1. The van der Waals surface area contributed by atoms with Crippen LogP contribution in [0.25, 0.3) is 0 Å². The van der Waals surface area contributed by atoms with Crippen LogP contribution in [0.15, 0.2) is 11.6 Å². The molecule has 1 fully saturated rings. The van der Waals surface area contributed by atoms with Gasteiger partial charge >= 0.3 is 0 Å². The van der Waals surface area contributed by atoms with Gasteiger partial charge in [0, 0.05) is 7.11 Å². The minimum Gasteiger partial charge on any atom is -0.376 e. The van der Waals surface area contributed by atoms with Crippen LogP contribution in [0.1, 0.15) is 33.1 Å². The molecule has 76 valence electrons. The molecule has 0 saturated heterocycles. The van der Waals surface area contributed by atoms with E-state index < -0.39 is 0 Å². The summed E-state index contributed by atoms with van der Waals surface area (Å²) in [6, 6.07) is 0.372. The lowest BCUT2D eigenvalue weighted by Crippen LogP contribution is -2.54. The Kier molecular flexibility index (Phi) is 3.51. The molecule has 0 spiro atoms. The third-order valence-electron chi connectivity index (χ3n) is 2.98. The monoisotopic (exact) mass is 183 g/mol. The second-order valence-corrected chi connectivity index (χ2v) is 4.13. The summed E-state index contributed by atoms with van der Waals surface area (Å²) in [7, 11) is 3.82. The Labute approximate surface area is 81.4 Å². The summed E-state index contributed by atoms with van der Waals surface area (Å²) in [5.41, 5.74) is 1.43. The van der Waals surface area contributed by atoms with E-state index in [1.807, 2.05) is 14.2 Å². The number of rotatable bonds is 4. The standard InChI is InChI=1S/C11H21NO/c1-9(2)8-10(12-3)11(13-4)6-5-7-11/h8,10,12H,5-7H2,1-4H3. The highest BCUT2D eigenvalue weighted by Crippen LogP contribution is 2.38. The van der Waals surface area contributed by atoms with Crippen molar-refractivity contribution in [2.75, 3.05) is 14.2 Å². The van der Waals surface area contributed by atoms with Gasteiger partial charge in [0.25, 0.3) is 0 Å². The maximum absolute atomic E-state index is 5.62. The van der Waals surface area contributed by atoms with Crippen LogP contribution in [0.4, 0.5) is 0 Å². The summed E-state index contributed by atoms with van der Waals surface area (Å²) in [4.78, 5) is 0. The molecule has 13 heavy (non-hydrogen) atoms. The molecule has 1 N–H and O–H groups in total. The molecule has 0 aromatic rings. The molecule has 1 aliphatic carbocycles.